The minimum absolute atomic E-state index is 0. The highest BCUT2D eigenvalue weighted by Crippen LogP contribution is 2.43. The first kappa shape index (κ1) is 24.2. The van der Waals surface area contributed by atoms with Gasteiger partial charge in [-0.3, -0.25) is 4.99 Å². The number of aliphatic imine (C=N–C) groups is 1. The Labute approximate surface area is 181 Å². The third-order valence-corrected chi connectivity index (χ3v) is 5.22. The van der Waals surface area contributed by atoms with Gasteiger partial charge in [-0.1, -0.05) is 36.8 Å². The lowest BCUT2D eigenvalue weighted by Crippen LogP contribution is -2.47. The van der Waals surface area contributed by atoms with Crippen LogP contribution in [0.1, 0.15) is 44.1 Å². The molecule has 1 aromatic carbocycles. The lowest BCUT2D eigenvalue weighted by Gasteiger charge is -2.42. The molecular formula is C21H36IN3O2. The van der Waals surface area contributed by atoms with Gasteiger partial charge in [0.25, 0.3) is 0 Å². The third kappa shape index (κ3) is 9.25. The van der Waals surface area contributed by atoms with E-state index in [4.69, 9.17) is 9.47 Å². The van der Waals surface area contributed by atoms with Gasteiger partial charge in [0.2, 0.25) is 0 Å². The number of hydrogen-bond acceptors (Lipinski definition) is 3. The molecule has 0 spiro atoms. The summed E-state index contributed by atoms with van der Waals surface area (Å²) in [6.45, 7) is 4.23. The summed E-state index contributed by atoms with van der Waals surface area (Å²) in [6, 6.07) is 10.3. The maximum absolute atomic E-state index is 5.72. The molecule has 1 aromatic rings. The van der Waals surface area contributed by atoms with Crippen molar-refractivity contribution < 1.29 is 9.47 Å². The summed E-state index contributed by atoms with van der Waals surface area (Å²) in [4.78, 5) is 4.34. The quantitative estimate of drug-likeness (QED) is 0.202. The van der Waals surface area contributed by atoms with Crippen molar-refractivity contribution in [3.05, 3.63) is 35.9 Å². The monoisotopic (exact) mass is 489 g/mol. The van der Waals surface area contributed by atoms with Gasteiger partial charge < -0.3 is 20.1 Å². The maximum atomic E-state index is 5.72. The van der Waals surface area contributed by atoms with Crippen molar-refractivity contribution in [1.82, 2.24) is 10.6 Å². The molecule has 154 valence electrons. The first-order valence-electron chi connectivity index (χ1n) is 9.83. The Bertz CT molecular complexity index is 521. The molecule has 0 saturated heterocycles. The number of unbranched alkanes of at least 4 members (excludes halogenated alkanes) is 1. The van der Waals surface area contributed by atoms with Gasteiger partial charge >= 0.3 is 0 Å². The van der Waals surface area contributed by atoms with Gasteiger partial charge in [0.05, 0.1) is 6.61 Å². The van der Waals surface area contributed by atoms with E-state index in [9.17, 15) is 0 Å². The van der Waals surface area contributed by atoms with Gasteiger partial charge in [0, 0.05) is 40.5 Å². The lowest BCUT2D eigenvalue weighted by atomic mass is 9.67. The summed E-state index contributed by atoms with van der Waals surface area (Å²) >= 11 is 0. The normalized spacial score (nSPS) is 15.6. The highest BCUT2D eigenvalue weighted by Gasteiger charge is 2.36. The van der Waals surface area contributed by atoms with E-state index in [1.165, 1.54) is 24.8 Å². The zero-order valence-corrected chi connectivity index (χ0v) is 19.2. The van der Waals surface area contributed by atoms with Gasteiger partial charge in [-0.2, -0.15) is 0 Å². The Balaban J connectivity index is 0.00000364. The molecule has 0 unspecified atom stereocenters. The summed E-state index contributed by atoms with van der Waals surface area (Å²) < 4.78 is 11.0. The summed E-state index contributed by atoms with van der Waals surface area (Å²) in [5.41, 5.74) is 1.63. The predicted molar refractivity (Wildman–Crippen MR) is 123 cm³/mol. The number of halogens is 1. The molecule has 2 rings (SSSR count). The summed E-state index contributed by atoms with van der Waals surface area (Å²) in [5.74, 6) is 0.902. The van der Waals surface area contributed by atoms with Gasteiger partial charge in [-0.25, -0.2) is 0 Å². The molecule has 0 atom stereocenters. The van der Waals surface area contributed by atoms with Crippen molar-refractivity contribution in [3.8, 4) is 0 Å². The van der Waals surface area contributed by atoms with E-state index >= 15 is 0 Å². The SMILES string of the molecule is CN=C(NCCCCOCc1ccccc1)NCC1(CCOC)CCC1.I. The number of benzene rings is 1. The average Bonchev–Trinajstić information content (AvgIpc) is 2.65. The fraction of sp³-hybridized carbons (Fsp3) is 0.667. The molecule has 2 N–H and O–H groups in total. The first-order chi connectivity index (χ1) is 12.8. The molecule has 0 aromatic heterocycles. The molecule has 0 aliphatic heterocycles. The fourth-order valence-electron chi connectivity index (χ4n) is 3.30. The van der Waals surface area contributed by atoms with Crippen molar-refractivity contribution in [3.63, 3.8) is 0 Å². The Hall–Kier alpha value is -0.860. The van der Waals surface area contributed by atoms with Crippen LogP contribution in [-0.4, -0.2) is 46.4 Å². The second-order valence-electron chi connectivity index (χ2n) is 7.19. The first-order valence-corrected chi connectivity index (χ1v) is 9.83. The molecular weight excluding hydrogens is 453 g/mol. The largest absolute Gasteiger partial charge is 0.385 e. The third-order valence-electron chi connectivity index (χ3n) is 5.22. The van der Waals surface area contributed by atoms with Crippen LogP contribution in [0, 0.1) is 5.41 Å². The number of nitrogens with zero attached hydrogens (tertiary/aromatic N) is 1. The summed E-state index contributed by atoms with van der Waals surface area (Å²) in [5, 5.41) is 6.90. The number of nitrogens with one attached hydrogen (secondary N) is 2. The zero-order valence-electron chi connectivity index (χ0n) is 16.8. The topological polar surface area (TPSA) is 54.9 Å². The van der Waals surface area contributed by atoms with E-state index in [0.29, 0.717) is 12.0 Å². The molecule has 5 nitrogen and oxygen atoms in total. The van der Waals surface area contributed by atoms with Gasteiger partial charge in [-0.05, 0) is 43.1 Å². The smallest absolute Gasteiger partial charge is 0.190 e. The van der Waals surface area contributed by atoms with Crippen molar-refractivity contribution in [1.29, 1.82) is 0 Å². The van der Waals surface area contributed by atoms with Crippen LogP contribution >= 0.6 is 24.0 Å². The van der Waals surface area contributed by atoms with Gasteiger partial charge in [0.15, 0.2) is 5.96 Å². The number of methoxy groups -OCH3 is 1. The van der Waals surface area contributed by atoms with Crippen molar-refractivity contribution in [2.45, 2.75) is 45.1 Å². The van der Waals surface area contributed by atoms with Crippen molar-refractivity contribution >= 4 is 29.9 Å². The molecule has 0 heterocycles. The molecule has 1 saturated carbocycles. The van der Waals surface area contributed by atoms with Crippen LogP contribution in [0.4, 0.5) is 0 Å². The van der Waals surface area contributed by atoms with Crippen LogP contribution < -0.4 is 10.6 Å². The standard InChI is InChI=1S/C21H35N3O2.HI/c1-22-20(24-18-21(11-8-12-21)13-16-25-2)23-14-6-7-15-26-17-19-9-4-3-5-10-19;/h3-5,9-10H,6-8,11-18H2,1-2H3,(H2,22,23,24);1H. The number of rotatable bonds is 12. The van der Waals surface area contributed by atoms with Crippen LogP contribution in [0.3, 0.4) is 0 Å². The predicted octanol–water partition coefficient (Wildman–Crippen LogP) is 3.97. The van der Waals surface area contributed by atoms with Gasteiger partial charge in [0.1, 0.15) is 0 Å². The van der Waals surface area contributed by atoms with E-state index in [0.717, 1.165) is 51.5 Å². The van der Waals surface area contributed by atoms with E-state index in [2.05, 4.69) is 27.8 Å². The van der Waals surface area contributed by atoms with Crippen LogP contribution in [0.25, 0.3) is 0 Å². The van der Waals surface area contributed by atoms with E-state index in [-0.39, 0.29) is 24.0 Å². The molecule has 6 heteroatoms. The second-order valence-corrected chi connectivity index (χ2v) is 7.19. The minimum Gasteiger partial charge on any atom is -0.385 e. The summed E-state index contributed by atoms with van der Waals surface area (Å²) in [6.07, 6.45) is 7.17. The van der Waals surface area contributed by atoms with Crippen LogP contribution in [0.2, 0.25) is 0 Å². The number of ether oxygens (including phenoxy) is 2. The summed E-state index contributed by atoms with van der Waals surface area (Å²) in [7, 11) is 3.62. The Morgan fingerprint density at radius 3 is 2.52 bits per heavy atom. The molecule has 1 aliphatic rings. The number of guanidine groups is 1. The highest BCUT2D eigenvalue weighted by molar-refractivity contribution is 14.0. The average molecular weight is 489 g/mol. The van der Waals surface area contributed by atoms with E-state index < -0.39 is 0 Å². The lowest BCUT2D eigenvalue weighted by molar-refractivity contribution is 0.0732. The zero-order chi connectivity index (χ0) is 18.5. The Kier molecular flexibility index (Phi) is 12.7. The van der Waals surface area contributed by atoms with Crippen LogP contribution in [-0.2, 0) is 16.1 Å². The molecule has 0 bridgehead atoms. The molecule has 0 radical (unpaired) electrons. The molecule has 1 fully saturated rings. The molecule has 1 aliphatic carbocycles. The Morgan fingerprint density at radius 2 is 1.89 bits per heavy atom. The fourth-order valence-corrected chi connectivity index (χ4v) is 3.30. The minimum atomic E-state index is 0. The van der Waals surface area contributed by atoms with Gasteiger partial charge in [-0.15, -0.1) is 24.0 Å². The maximum Gasteiger partial charge on any atom is 0.190 e. The number of hydrogen-bond donors (Lipinski definition) is 2. The van der Waals surface area contributed by atoms with E-state index in [1.54, 1.807) is 7.11 Å². The van der Waals surface area contributed by atoms with Crippen LogP contribution in [0.5, 0.6) is 0 Å². The molecule has 0 amide bonds. The van der Waals surface area contributed by atoms with Crippen molar-refractivity contribution in [2.75, 3.05) is 40.5 Å². The Morgan fingerprint density at radius 1 is 1.11 bits per heavy atom. The van der Waals surface area contributed by atoms with Crippen molar-refractivity contribution in [2.24, 2.45) is 10.4 Å². The second kappa shape index (κ2) is 14.2. The highest BCUT2D eigenvalue weighted by atomic mass is 127. The van der Waals surface area contributed by atoms with Crippen LogP contribution in [0.15, 0.2) is 35.3 Å². The molecule has 27 heavy (non-hydrogen) atoms. The van der Waals surface area contributed by atoms with E-state index in [1.807, 2.05) is 25.2 Å².